The SMILES string of the molecule is NCCCCNCc1ccccc1O[B]Oc1ccccc1CNCCCCN. The van der Waals surface area contributed by atoms with Crippen molar-refractivity contribution in [1.82, 2.24) is 10.6 Å². The fourth-order valence-corrected chi connectivity index (χ4v) is 2.89. The van der Waals surface area contributed by atoms with Gasteiger partial charge in [0.2, 0.25) is 0 Å². The second kappa shape index (κ2) is 14.9. The molecule has 0 atom stereocenters. The van der Waals surface area contributed by atoms with Crippen molar-refractivity contribution in [3.63, 3.8) is 0 Å². The number of rotatable bonds is 16. The molecule has 6 nitrogen and oxygen atoms in total. The number of para-hydroxylation sites is 2. The summed E-state index contributed by atoms with van der Waals surface area (Å²) in [5, 5.41) is 6.85. The highest BCUT2D eigenvalue weighted by Crippen LogP contribution is 2.20. The second-order valence-corrected chi connectivity index (χ2v) is 6.89. The Morgan fingerprint density at radius 3 is 1.55 bits per heavy atom. The van der Waals surface area contributed by atoms with E-state index in [1.807, 2.05) is 36.4 Å². The van der Waals surface area contributed by atoms with Crippen LogP contribution in [-0.2, 0) is 13.1 Å². The molecule has 0 unspecified atom stereocenters. The maximum atomic E-state index is 5.79. The summed E-state index contributed by atoms with van der Waals surface area (Å²) in [7, 11) is 1.40. The minimum atomic E-state index is 0.734. The molecule has 0 heterocycles. The second-order valence-electron chi connectivity index (χ2n) is 6.89. The molecule has 6 N–H and O–H groups in total. The monoisotopic (exact) mass is 397 g/mol. The maximum absolute atomic E-state index is 5.79. The average Bonchev–Trinajstić information content (AvgIpc) is 2.75. The molecule has 2 aromatic rings. The largest absolute Gasteiger partial charge is 0.658 e. The number of hydrogen-bond donors (Lipinski definition) is 4. The van der Waals surface area contributed by atoms with Crippen LogP contribution in [0.15, 0.2) is 48.5 Å². The Bertz CT molecular complexity index is 630. The quantitative estimate of drug-likeness (QED) is 0.257. The molecule has 0 amide bonds. The van der Waals surface area contributed by atoms with Gasteiger partial charge in [0, 0.05) is 24.2 Å². The van der Waals surface area contributed by atoms with E-state index in [1.54, 1.807) is 0 Å². The zero-order valence-electron chi connectivity index (χ0n) is 17.2. The number of hydrogen-bond acceptors (Lipinski definition) is 6. The zero-order valence-corrected chi connectivity index (χ0v) is 17.2. The van der Waals surface area contributed by atoms with Gasteiger partial charge < -0.3 is 31.4 Å². The van der Waals surface area contributed by atoms with E-state index >= 15 is 0 Å². The fourth-order valence-electron chi connectivity index (χ4n) is 2.89. The predicted octanol–water partition coefficient (Wildman–Crippen LogP) is 2.34. The summed E-state index contributed by atoms with van der Waals surface area (Å²) in [6.45, 7) is 4.85. The first-order valence-corrected chi connectivity index (χ1v) is 10.5. The maximum Gasteiger partial charge on any atom is 0.658 e. The molecule has 0 aromatic heterocycles. The van der Waals surface area contributed by atoms with Gasteiger partial charge in [0.25, 0.3) is 0 Å². The minimum Gasteiger partial charge on any atom is -0.526 e. The standard InChI is InChI=1S/C22H34BN4O2/c24-13-5-7-15-26-17-19-9-1-3-11-21(19)28-23-29-22-12-4-2-10-20(22)18-27-16-8-6-14-25/h1-4,9-12,26-27H,5-8,13-18,24-25H2. The molecule has 0 bridgehead atoms. The number of benzene rings is 2. The Labute approximate surface area is 175 Å². The molecule has 0 aliphatic rings. The Hall–Kier alpha value is -2.06. The van der Waals surface area contributed by atoms with E-state index in [9.17, 15) is 0 Å². The molecule has 7 heteroatoms. The van der Waals surface area contributed by atoms with Gasteiger partial charge in [0.05, 0.1) is 0 Å². The molecule has 0 saturated carbocycles. The molecule has 0 aliphatic heterocycles. The van der Waals surface area contributed by atoms with Crippen molar-refractivity contribution < 1.29 is 9.31 Å². The third-order valence-electron chi connectivity index (χ3n) is 4.54. The normalized spacial score (nSPS) is 10.7. The molecule has 1 radical (unpaired) electrons. The first-order valence-electron chi connectivity index (χ1n) is 10.5. The predicted molar refractivity (Wildman–Crippen MR) is 120 cm³/mol. The third kappa shape index (κ3) is 9.32. The molecular weight excluding hydrogens is 363 g/mol. The molecule has 0 fully saturated rings. The van der Waals surface area contributed by atoms with Crippen molar-refractivity contribution in [2.75, 3.05) is 26.2 Å². The van der Waals surface area contributed by atoms with Gasteiger partial charge in [-0.2, -0.15) is 0 Å². The Morgan fingerprint density at radius 1 is 0.655 bits per heavy atom. The van der Waals surface area contributed by atoms with Crippen molar-refractivity contribution in [3.8, 4) is 11.5 Å². The van der Waals surface area contributed by atoms with Gasteiger partial charge in [-0.05, 0) is 64.0 Å². The Morgan fingerprint density at radius 2 is 1.10 bits per heavy atom. The highest BCUT2D eigenvalue weighted by Gasteiger charge is 2.09. The van der Waals surface area contributed by atoms with E-state index < -0.39 is 0 Å². The summed E-state index contributed by atoms with van der Waals surface area (Å²) in [4.78, 5) is 0. The van der Waals surface area contributed by atoms with Crippen LogP contribution >= 0.6 is 0 Å². The van der Waals surface area contributed by atoms with E-state index in [0.717, 1.165) is 87.6 Å². The lowest BCUT2D eigenvalue weighted by Gasteiger charge is -2.14. The molecule has 2 aromatic carbocycles. The third-order valence-corrected chi connectivity index (χ3v) is 4.54. The van der Waals surface area contributed by atoms with Gasteiger partial charge in [-0.25, -0.2) is 0 Å². The molecule has 0 aliphatic carbocycles. The molecule has 157 valence electrons. The van der Waals surface area contributed by atoms with Crippen LogP contribution in [0.5, 0.6) is 11.5 Å². The number of nitrogens with two attached hydrogens (primary N) is 2. The van der Waals surface area contributed by atoms with Crippen LogP contribution in [0.25, 0.3) is 0 Å². The summed E-state index contributed by atoms with van der Waals surface area (Å²) in [6, 6.07) is 15.9. The van der Waals surface area contributed by atoms with Gasteiger partial charge in [0.1, 0.15) is 11.5 Å². The Kier molecular flexibility index (Phi) is 11.9. The molecule has 29 heavy (non-hydrogen) atoms. The van der Waals surface area contributed by atoms with Crippen molar-refractivity contribution in [2.24, 2.45) is 11.5 Å². The van der Waals surface area contributed by atoms with E-state index in [1.165, 1.54) is 7.69 Å². The zero-order chi connectivity index (χ0) is 20.6. The molecular formula is C22H34BN4O2. The van der Waals surface area contributed by atoms with E-state index in [4.69, 9.17) is 20.8 Å². The van der Waals surface area contributed by atoms with Crippen LogP contribution < -0.4 is 31.4 Å². The van der Waals surface area contributed by atoms with Crippen molar-refractivity contribution in [2.45, 2.75) is 38.8 Å². The van der Waals surface area contributed by atoms with Gasteiger partial charge in [-0.3, -0.25) is 0 Å². The van der Waals surface area contributed by atoms with Crippen LogP contribution in [-0.4, -0.2) is 33.9 Å². The average molecular weight is 397 g/mol. The molecule has 0 saturated heterocycles. The van der Waals surface area contributed by atoms with Gasteiger partial charge in [0.15, 0.2) is 0 Å². The van der Waals surface area contributed by atoms with Crippen LogP contribution in [0.1, 0.15) is 36.8 Å². The van der Waals surface area contributed by atoms with Crippen molar-refractivity contribution in [3.05, 3.63) is 59.7 Å². The van der Waals surface area contributed by atoms with E-state index in [2.05, 4.69) is 22.8 Å². The van der Waals surface area contributed by atoms with Gasteiger partial charge in [-0.1, -0.05) is 36.4 Å². The van der Waals surface area contributed by atoms with Crippen molar-refractivity contribution >= 4 is 7.69 Å². The summed E-state index contributed by atoms with van der Waals surface area (Å²) in [5.41, 5.74) is 13.2. The summed E-state index contributed by atoms with van der Waals surface area (Å²) < 4.78 is 11.6. The van der Waals surface area contributed by atoms with Crippen molar-refractivity contribution in [1.29, 1.82) is 0 Å². The first kappa shape index (κ1) is 23.2. The lowest BCUT2D eigenvalue weighted by molar-refractivity contribution is 0.449. The van der Waals surface area contributed by atoms with E-state index in [0.29, 0.717) is 0 Å². The van der Waals surface area contributed by atoms with Gasteiger partial charge >= 0.3 is 7.69 Å². The topological polar surface area (TPSA) is 94.6 Å². The van der Waals surface area contributed by atoms with Gasteiger partial charge in [-0.15, -0.1) is 0 Å². The Balaban J connectivity index is 1.79. The summed E-state index contributed by atoms with van der Waals surface area (Å²) in [5.74, 6) is 1.58. The lowest BCUT2D eigenvalue weighted by Crippen LogP contribution is -2.19. The van der Waals surface area contributed by atoms with Crippen LogP contribution in [0.2, 0.25) is 0 Å². The molecule has 2 rings (SSSR count). The lowest BCUT2D eigenvalue weighted by atomic mass is 10.1. The summed E-state index contributed by atoms with van der Waals surface area (Å²) in [6.07, 6.45) is 4.22. The highest BCUT2D eigenvalue weighted by atomic mass is 16.6. The van der Waals surface area contributed by atoms with Crippen LogP contribution in [0, 0.1) is 0 Å². The van der Waals surface area contributed by atoms with E-state index in [-0.39, 0.29) is 0 Å². The highest BCUT2D eigenvalue weighted by molar-refractivity contribution is 6.20. The summed E-state index contributed by atoms with van der Waals surface area (Å²) >= 11 is 0. The number of unbranched alkanes of at least 4 members (excludes halogenated alkanes) is 2. The smallest absolute Gasteiger partial charge is 0.526 e. The first-order chi connectivity index (χ1) is 14.3. The molecule has 0 spiro atoms. The van der Waals surface area contributed by atoms with Crippen LogP contribution in [0.3, 0.4) is 0 Å². The van der Waals surface area contributed by atoms with Crippen LogP contribution in [0.4, 0.5) is 0 Å². The number of nitrogens with one attached hydrogen (secondary N) is 2. The minimum absolute atomic E-state index is 0.734. The fraction of sp³-hybridized carbons (Fsp3) is 0.455.